The number of nitrogens with one attached hydrogen (secondary N) is 1. The molecular formula is C19H21N5O4S3. The number of carbonyl (C=O) groups is 3. The third-order valence-corrected chi connectivity index (χ3v) is 7.39. The fourth-order valence-corrected chi connectivity index (χ4v) is 5.27. The van der Waals surface area contributed by atoms with E-state index in [1.807, 2.05) is 29.1 Å². The van der Waals surface area contributed by atoms with Crippen molar-refractivity contribution in [1.82, 2.24) is 14.8 Å². The number of carbonyl (C=O) groups excluding carboxylic acids is 3. The van der Waals surface area contributed by atoms with Crippen LogP contribution in [-0.2, 0) is 23.0 Å². The maximum atomic E-state index is 12.5. The average Bonchev–Trinajstić information content (AvgIpc) is 3.42. The second-order valence-electron chi connectivity index (χ2n) is 6.40. The first-order chi connectivity index (χ1) is 14.8. The SMILES string of the molecule is CCOC(=O)c1c(NC(=O)CSc2nnc(Cc3cccs3)n2C)sc(C(N)=O)c1C. The first-order valence-electron chi connectivity index (χ1n) is 9.25. The molecule has 0 aliphatic carbocycles. The van der Waals surface area contributed by atoms with Gasteiger partial charge in [-0.2, -0.15) is 0 Å². The van der Waals surface area contributed by atoms with Crippen LogP contribution in [0.25, 0.3) is 0 Å². The van der Waals surface area contributed by atoms with Crippen molar-refractivity contribution in [1.29, 1.82) is 0 Å². The van der Waals surface area contributed by atoms with Gasteiger partial charge in [-0.1, -0.05) is 17.8 Å². The van der Waals surface area contributed by atoms with Crippen LogP contribution in [0, 0.1) is 6.92 Å². The first kappa shape index (κ1) is 23.0. The van der Waals surface area contributed by atoms with E-state index < -0.39 is 11.9 Å². The molecule has 12 heteroatoms. The van der Waals surface area contributed by atoms with Crippen LogP contribution in [0.2, 0.25) is 0 Å². The summed E-state index contributed by atoms with van der Waals surface area (Å²) in [5.74, 6) is -0.778. The second-order valence-corrected chi connectivity index (χ2v) is 9.39. The van der Waals surface area contributed by atoms with Crippen molar-refractivity contribution in [2.24, 2.45) is 12.8 Å². The van der Waals surface area contributed by atoms with Crippen LogP contribution in [0.4, 0.5) is 5.00 Å². The summed E-state index contributed by atoms with van der Waals surface area (Å²) in [6, 6.07) is 4.01. The third kappa shape index (κ3) is 5.32. The van der Waals surface area contributed by atoms with Gasteiger partial charge in [0.05, 0.1) is 22.8 Å². The highest BCUT2D eigenvalue weighted by atomic mass is 32.2. The predicted octanol–water partition coefficient (Wildman–Crippen LogP) is 2.84. The van der Waals surface area contributed by atoms with Gasteiger partial charge in [0.2, 0.25) is 5.91 Å². The minimum Gasteiger partial charge on any atom is -0.462 e. The molecule has 0 radical (unpaired) electrons. The summed E-state index contributed by atoms with van der Waals surface area (Å²) < 4.78 is 6.90. The van der Waals surface area contributed by atoms with Gasteiger partial charge in [0.15, 0.2) is 5.16 Å². The van der Waals surface area contributed by atoms with Crippen LogP contribution in [0.5, 0.6) is 0 Å². The van der Waals surface area contributed by atoms with E-state index in [0.717, 1.165) is 17.2 Å². The number of nitrogens with two attached hydrogens (primary N) is 1. The van der Waals surface area contributed by atoms with E-state index in [4.69, 9.17) is 10.5 Å². The molecule has 3 heterocycles. The van der Waals surface area contributed by atoms with Gasteiger partial charge < -0.3 is 20.4 Å². The lowest BCUT2D eigenvalue weighted by molar-refractivity contribution is -0.113. The average molecular weight is 480 g/mol. The summed E-state index contributed by atoms with van der Waals surface area (Å²) in [6.07, 6.45) is 0.668. The van der Waals surface area contributed by atoms with Crippen molar-refractivity contribution in [3.8, 4) is 0 Å². The molecule has 3 rings (SSSR count). The molecule has 0 spiro atoms. The molecule has 2 amide bonds. The number of primary amides is 1. The van der Waals surface area contributed by atoms with Crippen LogP contribution < -0.4 is 11.1 Å². The number of hydrogen-bond donors (Lipinski definition) is 2. The van der Waals surface area contributed by atoms with Crippen molar-refractivity contribution in [3.63, 3.8) is 0 Å². The molecule has 0 aliphatic rings. The van der Waals surface area contributed by atoms with E-state index in [1.165, 1.54) is 16.6 Å². The zero-order valence-corrected chi connectivity index (χ0v) is 19.6. The van der Waals surface area contributed by atoms with Gasteiger partial charge in [-0.05, 0) is 30.9 Å². The van der Waals surface area contributed by atoms with Crippen LogP contribution in [0.3, 0.4) is 0 Å². The van der Waals surface area contributed by atoms with Crippen LogP contribution in [0.1, 0.15) is 43.2 Å². The second kappa shape index (κ2) is 10.1. The fraction of sp³-hybridized carbons (Fsp3) is 0.316. The van der Waals surface area contributed by atoms with Crippen molar-refractivity contribution < 1.29 is 19.1 Å². The van der Waals surface area contributed by atoms with Gasteiger partial charge in [0, 0.05) is 18.3 Å². The van der Waals surface area contributed by atoms with Crippen molar-refractivity contribution >= 4 is 57.2 Å². The first-order valence-corrected chi connectivity index (χ1v) is 11.9. The van der Waals surface area contributed by atoms with Gasteiger partial charge in [0.1, 0.15) is 10.8 Å². The van der Waals surface area contributed by atoms with Crippen molar-refractivity contribution in [2.75, 3.05) is 17.7 Å². The predicted molar refractivity (Wildman–Crippen MR) is 121 cm³/mol. The third-order valence-electron chi connectivity index (χ3n) is 4.27. The monoisotopic (exact) mass is 479 g/mol. The molecule has 3 aromatic rings. The number of anilines is 1. The number of amides is 2. The molecule has 0 aromatic carbocycles. The Kier molecular flexibility index (Phi) is 7.46. The van der Waals surface area contributed by atoms with Gasteiger partial charge in [0.25, 0.3) is 5.91 Å². The quantitative estimate of drug-likeness (QED) is 0.357. The Bertz CT molecular complexity index is 1100. The normalized spacial score (nSPS) is 10.8. The van der Waals surface area contributed by atoms with Gasteiger partial charge in [-0.3, -0.25) is 9.59 Å². The summed E-state index contributed by atoms with van der Waals surface area (Å²) in [7, 11) is 1.85. The summed E-state index contributed by atoms with van der Waals surface area (Å²) in [5, 5.41) is 13.9. The fourth-order valence-electron chi connectivity index (χ4n) is 2.77. The minimum atomic E-state index is -0.666. The number of aromatic nitrogens is 3. The Hall–Kier alpha value is -2.70. The Labute approximate surface area is 191 Å². The summed E-state index contributed by atoms with van der Waals surface area (Å²) in [4.78, 5) is 37.9. The zero-order chi connectivity index (χ0) is 22.5. The number of thiophene rings is 2. The Morgan fingerprint density at radius 3 is 2.74 bits per heavy atom. The maximum Gasteiger partial charge on any atom is 0.341 e. The smallest absolute Gasteiger partial charge is 0.341 e. The molecule has 164 valence electrons. The van der Waals surface area contributed by atoms with Crippen LogP contribution in [0.15, 0.2) is 22.7 Å². The van der Waals surface area contributed by atoms with Gasteiger partial charge in [-0.15, -0.1) is 32.9 Å². The van der Waals surface area contributed by atoms with E-state index in [9.17, 15) is 14.4 Å². The van der Waals surface area contributed by atoms with E-state index in [-0.39, 0.29) is 33.7 Å². The Morgan fingerprint density at radius 1 is 1.32 bits per heavy atom. The highest BCUT2D eigenvalue weighted by Crippen LogP contribution is 2.33. The number of thioether (sulfide) groups is 1. The number of rotatable bonds is 9. The Balaban J connectivity index is 1.69. The number of nitrogens with zero attached hydrogens (tertiary/aromatic N) is 3. The lowest BCUT2D eigenvalue weighted by Crippen LogP contribution is -2.17. The van der Waals surface area contributed by atoms with Gasteiger partial charge in [-0.25, -0.2) is 4.79 Å². The molecule has 3 aromatic heterocycles. The maximum absolute atomic E-state index is 12.5. The lowest BCUT2D eigenvalue weighted by Gasteiger charge is -2.07. The van der Waals surface area contributed by atoms with E-state index in [1.54, 1.807) is 25.2 Å². The molecule has 0 fully saturated rings. The topological polar surface area (TPSA) is 129 Å². The Morgan fingerprint density at radius 2 is 2.10 bits per heavy atom. The molecule has 0 aliphatic heterocycles. The lowest BCUT2D eigenvalue weighted by atomic mass is 10.1. The number of esters is 1. The standard InChI is InChI=1S/C19H21N5O4S3/c1-4-28-18(27)14-10(2)15(16(20)26)31-17(14)21-13(25)9-30-19-23-22-12(24(19)3)8-11-6-5-7-29-11/h5-7H,4,8-9H2,1-3H3,(H2,20,26)(H,21,25). The van der Waals surface area contributed by atoms with Gasteiger partial charge >= 0.3 is 5.97 Å². The van der Waals surface area contributed by atoms with Crippen LogP contribution >= 0.6 is 34.4 Å². The largest absolute Gasteiger partial charge is 0.462 e. The zero-order valence-electron chi connectivity index (χ0n) is 17.1. The highest BCUT2D eigenvalue weighted by Gasteiger charge is 2.25. The highest BCUT2D eigenvalue weighted by molar-refractivity contribution is 7.99. The number of ether oxygens (including phenoxy) is 1. The molecule has 3 N–H and O–H groups in total. The molecule has 0 saturated carbocycles. The minimum absolute atomic E-state index is 0.0517. The summed E-state index contributed by atoms with van der Waals surface area (Å²) >= 11 is 3.83. The molecule has 0 atom stereocenters. The molecule has 31 heavy (non-hydrogen) atoms. The molecule has 0 saturated heterocycles. The van der Waals surface area contributed by atoms with E-state index in [2.05, 4.69) is 15.5 Å². The molecule has 0 unspecified atom stereocenters. The van der Waals surface area contributed by atoms with Crippen molar-refractivity contribution in [3.05, 3.63) is 44.2 Å². The molecule has 0 bridgehead atoms. The molecule has 9 nitrogen and oxygen atoms in total. The molecular weight excluding hydrogens is 458 g/mol. The van der Waals surface area contributed by atoms with Crippen molar-refractivity contribution in [2.45, 2.75) is 25.4 Å². The summed E-state index contributed by atoms with van der Waals surface area (Å²) in [5.41, 5.74) is 5.93. The number of hydrogen-bond acceptors (Lipinski definition) is 9. The summed E-state index contributed by atoms with van der Waals surface area (Å²) in [6.45, 7) is 3.45. The van der Waals surface area contributed by atoms with Crippen LogP contribution in [-0.4, -0.2) is 44.9 Å². The van der Waals surface area contributed by atoms with E-state index in [0.29, 0.717) is 17.1 Å². The van der Waals surface area contributed by atoms with E-state index >= 15 is 0 Å².